The molecule has 2 amide bonds. The molecule has 2 aromatic carbocycles. The second kappa shape index (κ2) is 8.79. The molecule has 1 aliphatic heterocycles. The molecule has 1 heterocycles. The first kappa shape index (κ1) is 22.6. The van der Waals surface area contributed by atoms with Crippen molar-refractivity contribution in [3.63, 3.8) is 0 Å². The summed E-state index contributed by atoms with van der Waals surface area (Å²) in [4.78, 5) is 23.7. The summed E-state index contributed by atoms with van der Waals surface area (Å²) in [5.74, 6) is -2.09. The molecule has 0 unspecified atom stereocenters. The third-order valence-corrected chi connectivity index (χ3v) is 4.30. The summed E-state index contributed by atoms with van der Waals surface area (Å²) in [6.45, 7) is 2.24. The maximum Gasteiger partial charge on any atom is 0.416 e. The number of fused-ring (bicyclic) bond motifs is 1. The summed E-state index contributed by atoms with van der Waals surface area (Å²) < 4.78 is 54.0. The van der Waals surface area contributed by atoms with Crippen LogP contribution in [-0.4, -0.2) is 18.4 Å². The van der Waals surface area contributed by atoms with Crippen LogP contribution in [0.15, 0.2) is 30.3 Å². The molecule has 1 aliphatic rings. The van der Waals surface area contributed by atoms with E-state index >= 15 is 0 Å². The average molecular weight is 432 g/mol. The van der Waals surface area contributed by atoms with E-state index in [2.05, 4.69) is 16.0 Å². The molecule has 0 saturated heterocycles. The minimum atomic E-state index is -4.71. The first-order chi connectivity index (χ1) is 13.1. The van der Waals surface area contributed by atoms with Crippen molar-refractivity contribution in [3.8, 4) is 0 Å². The molecule has 2 aromatic rings. The number of carbonyl (C=O) groups excluding carboxylic acids is 2. The number of benzene rings is 2. The molecule has 0 fully saturated rings. The van der Waals surface area contributed by atoms with Crippen molar-refractivity contribution >= 4 is 35.6 Å². The highest BCUT2D eigenvalue weighted by molar-refractivity contribution is 6.05. The summed E-state index contributed by atoms with van der Waals surface area (Å²) in [5, 5.41) is 7.65. The van der Waals surface area contributed by atoms with Gasteiger partial charge in [0.2, 0.25) is 5.91 Å². The van der Waals surface area contributed by atoms with Gasteiger partial charge in [0.15, 0.2) is 0 Å². The van der Waals surface area contributed by atoms with Gasteiger partial charge in [-0.15, -0.1) is 12.4 Å². The summed E-state index contributed by atoms with van der Waals surface area (Å²) in [7, 11) is 0. The number of rotatable bonds is 3. The van der Waals surface area contributed by atoms with Crippen molar-refractivity contribution < 1.29 is 27.2 Å². The van der Waals surface area contributed by atoms with E-state index in [9.17, 15) is 27.2 Å². The molecule has 0 aromatic heterocycles. The molecule has 0 bridgehead atoms. The predicted octanol–water partition coefficient (Wildman–Crippen LogP) is 4.12. The van der Waals surface area contributed by atoms with Gasteiger partial charge in [-0.05, 0) is 48.4 Å². The lowest BCUT2D eigenvalue weighted by atomic mass is 9.99. The number of anilines is 2. The van der Waals surface area contributed by atoms with Gasteiger partial charge in [-0.3, -0.25) is 9.59 Å². The number of alkyl halides is 3. The predicted molar refractivity (Wildman–Crippen MR) is 103 cm³/mol. The van der Waals surface area contributed by atoms with Gasteiger partial charge in [0.05, 0.1) is 11.3 Å². The van der Waals surface area contributed by atoms with Crippen molar-refractivity contribution in [1.29, 1.82) is 0 Å². The van der Waals surface area contributed by atoms with Crippen LogP contribution in [0, 0.1) is 5.82 Å². The molecule has 156 valence electrons. The Bertz CT molecular complexity index is 948. The number of halogens is 5. The van der Waals surface area contributed by atoms with Gasteiger partial charge in [0, 0.05) is 24.7 Å². The number of amides is 2. The van der Waals surface area contributed by atoms with Crippen LogP contribution in [-0.2, 0) is 23.9 Å². The first-order valence-electron chi connectivity index (χ1n) is 8.47. The fourth-order valence-electron chi connectivity index (χ4n) is 3.02. The Morgan fingerprint density at radius 2 is 1.83 bits per heavy atom. The standard InChI is InChI=1S/C19H17F4N3O2.ClH/c1-10(27)25-14-7-12(6-13(8-14)19(21,22)23)18(28)26-16-3-2-11-9-24-5-4-15(11)17(16)20;/h2-3,6-8,24H,4-5,9H2,1H3,(H,25,27)(H,26,28);1H. The fourth-order valence-corrected chi connectivity index (χ4v) is 3.02. The largest absolute Gasteiger partial charge is 0.416 e. The average Bonchev–Trinajstić information content (AvgIpc) is 2.62. The zero-order chi connectivity index (χ0) is 20.5. The molecule has 5 nitrogen and oxygen atoms in total. The molecule has 0 aliphatic carbocycles. The Morgan fingerprint density at radius 3 is 2.48 bits per heavy atom. The van der Waals surface area contributed by atoms with E-state index in [4.69, 9.17) is 0 Å². The van der Waals surface area contributed by atoms with Gasteiger partial charge >= 0.3 is 6.18 Å². The maximum atomic E-state index is 14.7. The molecule has 0 atom stereocenters. The molecule has 0 radical (unpaired) electrons. The van der Waals surface area contributed by atoms with Gasteiger partial charge in [0.25, 0.3) is 5.91 Å². The molecule has 0 saturated carbocycles. The zero-order valence-electron chi connectivity index (χ0n) is 15.2. The minimum absolute atomic E-state index is 0. The normalized spacial score (nSPS) is 13.1. The summed E-state index contributed by atoms with van der Waals surface area (Å²) in [5.41, 5.74) is -0.486. The van der Waals surface area contributed by atoms with Gasteiger partial charge in [-0.2, -0.15) is 13.2 Å². The molecule has 3 rings (SSSR count). The first-order valence-corrected chi connectivity index (χ1v) is 8.47. The van der Waals surface area contributed by atoms with Crippen LogP contribution < -0.4 is 16.0 Å². The molecule has 0 spiro atoms. The summed E-state index contributed by atoms with van der Waals surface area (Å²) in [6, 6.07) is 5.52. The van der Waals surface area contributed by atoms with Gasteiger partial charge < -0.3 is 16.0 Å². The molecule has 10 heteroatoms. The van der Waals surface area contributed by atoms with E-state index in [0.29, 0.717) is 31.1 Å². The number of nitrogens with one attached hydrogen (secondary N) is 3. The monoisotopic (exact) mass is 431 g/mol. The maximum absolute atomic E-state index is 14.7. The molecule has 29 heavy (non-hydrogen) atoms. The highest BCUT2D eigenvalue weighted by Crippen LogP contribution is 2.32. The fraction of sp³-hybridized carbons (Fsp3) is 0.263. The van der Waals surface area contributed by atoms with Crippen molar-refractivity contribution in [2.24, 2.45) is 0 Å². The van der Waals surface area contributed by atoms with Crippen molar-refractivity contribution in [2.75, 3.05) is 17.2 Å². The Labute approximate surface area is 170 Å². The second-order valence-electron chi connectivity index (χ2n) is 6.42. The van der Waals surface area contributed by atoms with Crippen LogP contribution >= 0.6 is 12.4 Å². The van der Waals surface area contributed by atoms with Crippen LogP contribution in [0.2, 0.25) is 0 Å². The van der Waals surface area contributed by atoms with E-state index in [0.717, 1.165) is 24.6 Å². The van der Waals surface area contributed by atoms with Gasteiger partial charge in [-0.25, -0.2) is 4.39 Å². The number of hydrogen-bond donors (Lipinski definition) is 3. The van der Waals surface area contributed by atoms with E-state index in [1.54, 1.807) is 6.07 Å². The van der Waals surface area contributed by atoms with Crippen molar-refractivity contribution in [1.82, 2.24) is 5.32 Å². The third-order valence-electron chi connectivity index (χ3n) is 4.30. The third kappa shape index (κ3) is 5.24. The van der Waals surface area contributed by atoms with Gasteiger partial charge in [-0.1, -0.05) is 6.07 Å². The lowest BCUT2D eigenvalue weighted by Crippen LogP contribution is -2.25. The molecular formula is C19H18ClF4N3O2. The van der Waals surface area contributed by atoms with Crippen LogP contribution in [0.4, 0.5) is 28.9 Å². The lowest BCUT2D eigenvalue weighted by Gasteiger charge is -2.19. The number of hydrogen-bond acceptors (Lipinski definition) is 3. The van der Waals surface area contributed by atoms with Crippen LogP contribution in [0.1, 0.15) is 34.0 Å². The van der Waals surface area contributed by atoms with Crippen LogP contribution in [0.25, 0.3) is 0 Å². The van der Waals surface area contributed by atoms with Crippen LogP contribution in [0.5, 0.6) is 0 Å². The van der Waals surface area contributed by atoms with Crippen molar-refractivity contribution in [2.45, 2.75) is 26.1 Å². The highest BCUT2D eigenvalue weighted by atomic mass is 35.5. The zero-order valence-corrected chi connectivity index (χ0v) is 16.1. The highest BCUT2D eigenvalue weighted by Gasteiger charge is 2.32. The van der Waals surface area contributed by atoms with E-state index in [1.807, 2.05) is 0 Å². The molecular weight excluding hydrogens is 414 g/mol. The number of carbonyl (C=O) groups is 2. The topological polar surface area (TPSA) is 70.2 Å². The summed E-state index contributed by atoms with van der Waals surface area (Å²) in [6.07, 6.45) is -4.27. The Kier molecular flexibility index (Phi) is 6.86. The Balaban J connectivity index is 0.00000300. The summed E-state index contributed by atoms with van der Waals surface area (Å²) >= 11 is 0. The Hall–Kier alpha value is -2.65. The molecule has 3 N–H and O–H groups in total. The Morgan fingerprint density at radius 1 is 1.10 bits per heavy atom. The van der Waals surface area contributed by atoms with E-state index < -0.39 is 29.4 Å². The van der Waals surface area contributed by atoms with E-state index in [-0.39, 0.29) is 29.3 Å². The van der Waals surface area contributed by atoms with E-state index in [1.165, 1.54) is 6.07 Å². The minimum Gasteiger partial charge on any atom is -0.326 e. The quantitative estimate of drug-likeness (QED) is 0.640. The SMILES string of the molecule is CC(=O)Nc1cc(C(=O)Nc2ccc3c(c2F)CCNC3)cc(C(F)(F)F)c1.Cl. The van der Waals surface area contributed by atoms with Crippen molar-refractivity contribution in [3.05, 3.63) is 58.4 Å². The van der Waals surface area contributed by atoms with Crippen LogP contribution in [0.3, 0.4) is 0 Å². The van der Waals surface area contributed by atoms with Gasteiger partial charge in [0.1, 0.15) is 5.82 Å². The second-order valence-corrected chi connectivity index (χ2v) is 6.42. The lowest BCUT2D eigenvalue weighted by molar-refractivity contribution is -0.137. The smallest absolute Gasteiger partial charge is 0.326 e.